The molecule has 1 atom stereocenters. The van der Waals surface area contributed by atoms with E-state index in [2.05, 4.69) is 37.1 Å². The topological polar surface area (TPSA) is 69.6 Å². The number of aromatic nitrogens is 5. The molecular weight excluding hydrogens is 358 g/mol. The fourth-order valence-electron chi connectivity index (χ4n) is 2.70. The van der Waals surface area contributed by atoms with Crippen LogP contribution in [-0.4, -0.2) is 25.0 Å². The predicted octanol–water partition coefficient (Wildman–Crippen LogP) is 4.54. The summed E-state index contributed by atoms with van der Waals surface area (Å²) in [5.41, 5.74) is 2.12. The van der Waals surface area contributed by atoms with Crippen molar-refractivity contribution in [3.05, 3.63) is 77.9 Å². The molecule has 0 bridgehead atoms. The van der Waals surface area contributed by atoms with Gasteiger partial charge < -0.3 is 8.98 Å². The SMILES string of the molecule is Cc1nnc(SC(C)c2nnc(-c3ccccc3)o2)n1Cc1ccccc1. The third-order valence-corrected chi connectivity index (χ3v) is 5.24. The van der Waals surface area contributed by atoms with Crippen LogP contribution in [0.4, 0.5) is 0 Å². The van der Waals surface area contributed by atoms with Crippen molar-refractivity contribution in [3.8, 4) is 11.5 Å². The lowest BCUT2D eigenvalue weighted by Gasteiger charge is -2.10. The summed E-state index contributed by atoms with van der Waals surface area (Å²) in [6.45, 7) is 4.72. The molecule has 0 radical (unpaired) electrons. The lowest BCUT2D eigenvalue weighted by molar-refractivity contribution is 0.508. The molecule has 2 aromatic carbocycles. The normalized spacial score (nSPS) is 12.2. The molecule has 27 heavy (non-hydrogen) atoms. The van der Waals surface area contributed by atoms with Crippen LogP contribution in [0.15, 0.2) is 70.2 Å². The minimum atomic E-state index is -0.0342. The van der Waals surface area contributed by atoms with Gasteiger partial charge in [-0.25, -0.2) is 0 Å². The molecule has 4 aromatic rings. The standard InChI is InChI=1S/C20H19N5OS/c1-14(18-22-23-19(26-18)17-11-7-4-8-12-17)27-20-24-21-15(2)25(20)13-16-9-5-3-6-10-16/h3-12,14H,13H2,1-2H3. The van der Waals surface area contributed by atoms with Crippen molar-refractivity contribution >= 4 is 11.8 Å². The molecule has 0 saturated heterocycles. The Morgan fingerprint density at radius 3 is 2.37 bits per heavy atom. The van der Waals surface area contributed by atoms with E-state index in [0.717, 1.165) is 23.1 Å². The zero-order chi connectivity index (χ0) is 18.6. The highest BCUT2D eigenvalue weighted by molar-refractivity contribution is 7.99. The molecule has 4 rings (SSSR count). The minimum absolute atomic E-state index is 0.0342. The van der Waals surface area contributed by atoms with E-state index < -0.39 is 0 Å². The van der Waals surface area contributed by atoms with Crippen LogP contribution in [-0.2, 0) is 6.54 Å². The maximum absolute atomic E-state index is 5.87. The van der Waals surface area contributed by atoms with Gasteiger partial charge in [-0.1, -0.05) is 60.3 Å². The van der Waals surface area contributed by atoms with Crippen LogP contribution in [0.1, 0.15) is 29.5 Å². The summed E-state index contributed by atoms with van der Waals surface area (Å²) in [4.78, 5) is 0. The highest BCUT2D eigenvalue weighted by Gasteiger charge is 2.20. The molecule has 0 spiro atoms. The molecule has 0 N–H and O–H groups in total. The minimum Gasteiger partial charge on any atom is -0.419 e. The Morgan fingerprint density at radius 1 is 0.926 bits per heavy atom. The lowest BCUT2D eigenvalue weighted by atomic mass is 10.2. The van der Waals surface area contributed by atoms with Crippen molar-refractivity contribution in [1.29, 1.82) is 0 Å². The molecule has 0 fully saturated rings. The zero-order valence-corrected chi connectivity index (χ0v) is 15.9. The Labute approximate surface area is 161 Å². The fraction of sp³-hybridized carbons (Fsp3) is 0.200. The predicted molar refractivity (Wildman–Crippen MR) is 104 cm³/mol. The third kappa shape index (κ3) is 3.93. The summed E-state index contributed by atoms with van der Waals surface area (Å²) in [5.74, 6) is 1.98. The van der Waals surface area contributed by atoms with E-state index >= 15 is 0 Å². The molecule has 0 amide bonds. The van der Waals surface area contributed by atoms with E-state index in [9.17, 15) is 0 Å². The number of rotatable bonds is 6. The van der Waals surface area contributed by atoms with Crippen LogP contribution in [0.5, 0.6) is 0 Å². The number of nitrogens with zero attached hydrogens (tertiary/aromatic N) is 5. The lowest BCUT2D eigenvalue weighted by Crippen LogP contribution is -2.04. The molecule has 2 aromatic heterocycles. The highest BCUT2D eigenvalue weighted by Crippen LogP contribution is 2.34. The van der Waals surface area contributed by atoms with Crippen molar-refractivity contribution in [1.82, 2.24) is 25.0 Å². The largest absolute Gasteiger partial charge is 0.419 e. The van der Waals surface area contributed by atoms with Crippen molar-refractivity contribution in [3.63, 3.8) is 0 Å². The molecule has 0 saturated carbocycles. The first kappa shape index (κ1) is 17.5. The summed E-state index contributed by atoms with van der Waals surface area (Å²) in [5, 5.41) is 17.8. The average molecular weight is 377 g/mol. The van der Waals surface area contributed by atoms with Crippen molar-refractivity contribution in [2.75, 3.05) is 0 Å². The van der Waals surface area contributed by atoms with E-state index in [1.54, 1.807) is 11.8 Å². The van der Waals surface area contributed by atoms with Gasteiger partial charge in [0.2, 0.25) is 11.8 Å². The van der Waals surface area contributed by atoms with Gasteiger partial charge in [0, 0.05) is 5.56 Å². The number of hydrogen-bond donors (Lipinski definition) is 0. The van der Waals surface area contributed by atoms with Crippen LogP contribution in [0.25, 0.3) is 11.5 Å². The Morgan fingerprint density at radius 2 is 1.63 bits per heavy atom. The molecule has 1 unspecified atom stereocenters. The molecule has 0 aliphatic heterocycles. The first-order valence-corrected chi connectivity index (χ1v) is 9.58. The number of hydrogen-bond acceptors (Lipinski definition) is 6. The second kappa shape index (κ2) is 7.75. The maximum Gasteiger partial charge on any atom is 0.247 e. The van der Waals surface area contributed by atoms with Gasteiger partial charge in [0.25, 0.3) is 0 Å². The van der Waals surface area contributed by atoms with Crippen molar-refractivity contribution < 1.29 is 4.42 Å². The van der Waals surface area contributed by atoms with Gasteiger partial charge >= 0.3 is 0 Å². The molecule has 0 aliphatic rings. The Balaban J connectivity index is 1.52. The van der Waals surface area contributed by atoms with Gasteiger partial charge in [0.15, 0.2) is 5.16 Å². The highest BCUT2D eigenvalue weighted by atomic mass is 32.2. The van der Waals surface area contributed by atoms with Crippen LogP contribution in [0, 0.1) is 6.92 Å². The monoisotopic (exact) mass is 377 g/mol. The summed E-state index contributed by atoms with van der Waals surface area (Å²) in [6, 6.07) is 20.1. The van der Waals surface area contributed by atoms with Gasteiger partial charge in [0.05, 0.1) is 11.8 Å². The van der Waals surface area contributed by atoms with Crippen molar-refractivity contribution in [2.24, 2.45) is 0 Å². The zero-order valence-electron chi connectivity index (χ0n) is 15.1. The van der Waals surface area contributed by atoms with E-state index in [1.165, 1.54) is 5.56 Å². The first-order chi connectivity index (χ1) is 13.2. The first-order valence-electron chi connectivity index (χ1n) is 8.70. The second-order valence-electron chi connectivity index (χ2n) is 6.17. The summed E-state index contributed by atoms with van der Waals surface area (Å²) >= 11 is 1.56. The van der Waals surface area contributed by atoms with E-state index in [1.807, 2.05) is 62.4 Å². The number of aryl methyl sites for hydroxylation is 1. The van der Waals surface area contributed by atoms with Gasteiger partial charge in [-0.15, -0.1) is 20.4 Å². The van der Waals surface area contributed by atoms with Gasteiger partial charge in [-0.2, -0.15) is 0 Å². The van der Waals surface area contributed by atoms with E-state index in [4.69, 9.17) is 4.42 Å². The van der Waals surface area contributed by atoms with Gasteiger partial charge in [0.1, 0.15) is 5.82 Å². The van der Waals surface area contributed by atoms with E-state index in [0.29, 0.717) is 11.8 Å². The molecular formula is C20H19N5OS. The Bertz CT molecular complexity index is 1010. The Kier molecular flexibility index (Phi) is 5.02. The smallest absolute Gasteiger partial charge is 0.247 e. The van der Waals surface area contributed by atoms with Crippen LogP contribution >= 0.6 is 11.8 Å². The summed E-state index contributed by atoms with van der Waals surface area (Å²) in [7, 11) is 0. The van der Waals surface area contributed by atoms with Crippen molar-refractivity contribution in [2.45, 2.75) is 30.8 Å². The molecule has 2 heterocycles. The maximum atomic E-state index is 5.87. The summed E-state index contributed by atoms with van der Waals surface area (Å²) in [6.07, 6.45) is 0. The number of benzene rings is 2. The number of thioether (sulfide) groups is 1. The molecule has 6 nitrogen and oxygen atoms in total. The second-order valence-corrected chi connectivity index (χ2v) is 7.48. The molecule has 136 valence electrons. The molecule has 0 aliphatic carbocycles. The summed E-state index contributed by atoms with van der Waals surface area (Å²) < 4.78 is 7.97. The van der Waals surface area contributed by atoms with Crippen LogP contribution < -0.4 is 0 Å². The Hall–Kier alpha value is -2.93. The average Bonchev–Trinajstić information content (AvgIpc) is 3.32. The fourth-order valence-corrected chi connectivity index (χ4v) is 3.63. The van der Waals surface area contributed by atoms with Crippen LogP contribution in [0.3, 0.4) is 0 Å². The van der Waals surface area contributed by atoms with Crippen LogP contribution in [0.2, 0.25) is 0 Å². The van der Waals surface area contributed by atoms with Gasteiger partial charge in [-0.05, 0) is 31.5 Å². The third-order valence-electron chi connectivity index (χ3n) is 4.18. The molecule has 7 heteroatoms. The van der Waals surface area contributed by atoms with Gasteiger partial charge in [-0.3, -0.25) is 0 Å². The van der Waals surface area contributed by atoms with E-state index in [-0.39, 0.29) is 5.25 Å². The quantitative estimate of drug-likeness (QED) is 0.460.